The molecule has 1 aromatic heterocycles. The van der Waals surface area contributed by atoms with Crippen LogP contribution in [-0.4, -0.2) is 55.7 Å². The molecular formula is C22H32FN5OS. The van der Waals surface area contributed by atoms with Crippen LogP contribution in [0.25, 0.3) is 0 Å². The van der Waals surface area contributed by atoms with Crippen LogP contribution in [0.4, 0.5) is 4.39 Å². The molecule has 2 N–H and O–H groups in total. The van der Waals surface area contributed by atoms with E-state index in [4.69, 9.17) is 9.72 Å². The van der Waals surface area contributed by atoms with Gasteiger partial charge in [0, 0.05) is 37.5 Å². The summed E-state index contributed by atoms with van der Waals surface area (Å²) in [6.07, 6.45) is 0. The lowest BCUT2D eigenvalue weighted by atomic mass is 9.93. The van der Waals surface area contributed by atoms with Crippen LogP contribution in [0.15, 0.2) is 34.6 Å². The van der Waals surface area contributed by atoms with Gasteiger partial charge in [0.25, 0.3) is 0 Å². The van der Waals surface area contributed by atoms with Crippen molar-refractivity contribution in [1.82, 2.24) is 20.5 Å². The van der Waals surface area contributed by atoms with E-state index in [0.717, 1.165) is 35.3 Å². The standard InChI is InChI=1S/C22H32FN5OS/c1-22(2,3)19-15-30-20(27-19)14-26-21(24-4)25-13-18(28-9-11-29-12-10-28)16-5-7-17(23)8-6-16/h5-8,15,18H,9-14H2,1-4H3,(H2,24,25,26). The quantitative estimate of drug-likeness (QED) is 0.541. The number of aromatic nitrogens is 1. The summed E-state index contributed by atoms with van der Waals surface area (Å²) in [7, 11) is 1.76. The number of thiazole rings is 1. The van der Waals surface area contributed by atoms with Gasteiger partial charge in [-0.1, -0.05) is 32.9 Å². The first-order valence-electron chi connectivity index (χ1n) is 10.3. The molecule has 0 saturated carbocycles. The minimum Gasteiger partial charge on any atom is -0.379 e. The van der Waals surface area contributed by atoms with Crippen LogP contribution in [-0.2, 0) is 16.7 Å². The summed E-state index contributed by atoms with van der Waals surface area (Å²) in [6, 6.07) is 6.87. The molecule has 0 spiro atoms. The van der Waals surface area contributed by atoms with E-state index < -0.39 is 0 Å². The Bertz CT molecular complexity index is 825. The average molecular weight is 434 g/mol. The second-order valence-electron chi connectivity index (χ2n) is 8.40. The first-order chi connectivity index (χ1) is 14.4. The zero-order valence-electron chi connectivity index (χ0n) is 18.2. The molecule has 164 valence electrons. The van der Waals surface area contributed by atoms with Crippen LogP contribution in [0.1, 0.15) is 43.1 Å². The summed E-state index contributed by atoms with van der Waals surface area (Å²) in [5, 5.41) is 9.93. The van der Waals surface area contributed by atoms with E-state index in [1.807, 2.05) is 12.1 Å². The second kappa shape index (κ2) is 10.3. The highest BCUT2D eigenvalue weighted by atomic mass is 32.1. The maximum absolute atomic E-state index is 13.4. The van der Waals surface area contributed by atoms with Crippen molar-refractivity contribution in [2.24, 2.45) is 4.99 Å². The van der Waals surface area contributed by atoms with Crippen molar-refractivity contribution in [2.45, 2.75) is 38.8 Å². The van der Waals surface area contributed by atoms with Gasteiger partial charge in [0.1, 0.15) is 10.8 Å². The van der Waals surface area contributed by atoms with E-state index in [1.165, 1.54) is 12.1 Å². The van der Waals surface area contributed by atoms with Gasteiger partial charge in [-0.25, -0.2) is 9.37 Å². The number of ether oxygens (including phenoxy) is 1. The van der Waals surface area contributed by atoms with Gasteiger partial charge >= 0.3 is 0 Å². The van der Waals surface area contributed by atoms with Gasteiger partial charge in [-0.15, -0.1) is 11.3 Å². The molecule has 1 unspecified atom stereocenters. The third-order valence-electron chi connectivity index (χ3n) is 5.15. The van der Waals surface area contributed by atoms with Gasteiger partial charge < -0.3 is 15.4 Å². The summed E-state index contributed by atoms with van der Waals surface area (Å²) in [4.78, 5) is 11.4. The molecule has 0 aliphatic carbocycles. The largest absolute Gasteiger partial charge is 0.379 e. The van der Waals surface area contributed by atoms with Gasteiger partial charge in [-0.05, 0) is 17.7 Å². The smallest absolute Gasteiger partial charge is 0.191 e. The molecule has 30 heavy (non-hydrogen) atoms. The Hall–Kier alpha value is -2.03. The first-order valence-corrected chi connectivity index (χ1v) is 11.2. The molecule has 0 amide bonds. The van der Waals surface area contributed by atoms with Crippen molar-refractivity contribution in [1.29, 1.82) is 0 Å². The van der Waals surface area contributed by atoms with Crippen molar-refractivity contribution >= 4 is 17.3 Å². The monoisotopic (exact) mass is 433 g/mol. The maximum atomic E-state index is 13.4. The zero-order valence-corrected chi connectivity index (χ0v) is 19.1. The predicted molar refractivity (Wildman–Crippen MR) is 121 cm³/mol. The van der Waals surface area contributed by atoms with Crippen molar-refractivity contribution in [3.63, 3.8) is 0 Å². The van der Waals surface area contributed by atoms with Crippen LogP contribution >= 0.6 is 11.3 Å². The highest BCUT2D eigenvalue weighted by Crippen LogP contribution is 2.24. The number of hydrogen-bond donors (Lipinski definition) is 2. The molecule has 8 heteroatoms. The lowest BCUT2D eigenvalue weighted by molar-refractivity contribution is 0.0170. The Morgan fingerprint density at radius 3 is 2.53 bits per heavy atom. The lowest BCUT2D eigenvalue weighted by Crippen LogP contribution is -2.46. The van der Waals surface area contributed by atoms with Gasteiger partial charge in [0.15, 0.2) is 5.96 Å². The van der Waals surface area contributed by atoms with E-state index in [2.05, 4.69) is 46.7 Å². The van der Waals surface area contributed by atoms with Crippen LogP contribution in [0.2, 0.25) is 0 Å². The summed E-state index contributed by atoms with van der Waals surface area (Å²) in [6.45, 7) is 10.9. The number of halogens is 1. The summed E-state index contributed by atoms with van der Waals surface area (Å²) in [5.74, 6) is 0.505. The lowest BCUT2D eigenvalue weighted by Gasteiger charge is -2.35. The SMILES string of the molecule is CN=C(NCc1nc(C(C)(C)C)cs1)NCC(c1ccc(F)cc1)N1CCOCC1. The fourth-order valence-electron chi connectivity index (χ4n) is 3.34. The Kier molecular flexibility index (Phi) is 7.80. The van der Waals surface area contributed by atoms with E-state index in [-0.39, 0.29) is 17.3 Å². The van der Waals surface area contributed by atoms with Gasteiger partial charge in [0.05, 0.1) is 31.5 Å². The third-order valence-corrected chi connectivity index (χ3v) is 6.00. The number of nitrogens with one attached hydrogen (secondary N) is 2. The van der Waals surface area contributed by atoms with Gasteiger partial charge in [0.2, 0.25) is 0 Å². The third kappa shape index (κ3) is 6.23. The molecule has 1 aliphatic heterocycles. The zero-order chi connectivity index (χ0) is 21.6. The number of morpholine rings is 1. The maximum Gasteiger partial charge on any atom is 0.191 e. The Labute approximate surface area is 182 Å². The molecule has 3 rings (SSSR count). The topological polar surface area (TPSA) is 61.8 Å². The van der Waals surface area contributed by atoms with E-state index >= 15 is 0 Å². The van der Waals surface area contributed by atoms with E-state index in [0.29, 0.717) is 26.3 Å². The summed E-state index contributed by atoms with van der Waals surface area (Å²) >= 11 is 1.66. The number of rotatable bonds is 6. The second-order valence-corrected chi connectivity index (χ2v) is 9.34. The first kappa shape index (κ1) is 22.7. The highest BCUT2D eigenvalue weighted by molar-refractivity contribution is 7.09. The van der Waals surface area contributed by atoms with Crippen molar-refractivity contribution in [2.75, 3.05) is 39.9 Å². The summed E-state index contributed by atoms with van der Waals surface area (Å²) < 4.78 is 18.9. The molecule has 1 atom stereocenters. The average Bonchev–Trinajstić information content (AvgIpc) is 3.22. The molecule has 2 heterocycles. The van der Waals surface area contributed by atoms with Crippen LogP contribution < -0.4 is 10.6 Å². The van der Waals surface area contributed by atoms with Crippen molar-refractivity contribution < 1.29 is 9.13 Å². The number of aliphatic imine (C=N–C) groups is 1. The normalized spacial score (nSPS) is 17.0. The van der Waals surface area contributed by atoms with Crippen molar-refractivity contribution in [3.8, 4) is 0 Å². The predicted octanol–water partition coefficient (Wildman–Crippen LogP) is 3.32. The van der Waals surface area contributed by atoms with Gasteiger partial charge in [-0.2, -0.15) is 0 Å². The number of benzene rings is 1. The number of guanidine groups is 1. The molecule has 1 aliphatic rings. The highest BCUT2D eigenvalue weighted by Gasteiger charge is 2.23. The Balaban J connectivity index is 1.61. The minimum atomic E-state index is -0.219. The molecule has 2 aromatic rings. The van der Waals surface area contributed by atoms with Crippen LogP contribution in [0.3, 0.4) is 0 Å². The molecule has 0 bridgehead atoms. The fraction of sp³-hybridized carbons (Fsp3) is 0.545. The van der Waals surface area contributed by atoms with Crippen LogP contribution in [0.5, 0.6) is 0 Å². The van der Waals surface area contributed by atoms with E-state index in [9.17, 15) is 4.39 Å². The Morgan fingerprint density at radius 1 is 1.23 bits per heavy atom. The number of hydrogen-bond acceptors (Lipinski definition) is 5. The molecule has 1 aromatic carbocycles. The summed E-state index contributed by atoms with van der Waals surface area (Å²) in [5.41, 5.74) is 2.24. The molecular weight excluding hydrogens is 401 g/mol. The minimum absolute atomic E-state index is 0.0508. The molecule has 1 saturated heterocycles. The van der Waals surface area contributed by atoms with Crippen molar-refractivity contribution in [3.05, 3.63) is 51.7 Å². The molecule has 0 radical (unpaired) electrons. The van der Waals surface area contributed by atoms with E-state index in [1.54, 1.807) is 18.4 Å². The fourth-order valence-corrected chi connectivity index (χ4v) is 4.30. The molecule has 1 fully saturated rings. The van der Waals surface area contributed by atoms with Gasteiger partial charge in [-0.3, -0.25) is 9.89 Å². The molecule has 6 nitrogen and oxygen atoms in total. The Morgan fingerprint density at radius 2 is 1.93 bits per heavy atom. The van der Waals surface area contributed by atoms with Crippen LogP contribution in [0, 0.1) is 5.82 Å². The number of nitrogens with zero attached hydrogens (tertiary/aromatic N) is 3.